The maximum atomic E-state index is 11.0. The molecule has 15 heavy (non-hydrogen) atoms. The number of rotatable bonds is 0. The topological polar surface area (TPSA) is 20.2 Å². The van der Waals surface area contributed by atoms with Gasteiger partial charge in [0.05, 0.1) is 8.83 Å². The molecule has 0 aromatic heterocycles. The zero-order chi connectivity index (χ0) is 10.3. The molecule has 0 aromatic rings. The van der Waals surface area contributed by atoms with Gasteiger partial charge in [0.2, 0.25) is 0 Å². The highest BCUT2D eigenvalue weighted by molar-refractivity contribution is 9.25. The van der Waals surface area contributed by atoms with Crippen molar-refractivity contribution in [2.45, 2.75) is 20.1 Å². The highest BCUT2D eigenvalue weighted by Crippen LogP contribution is 2.89. The molecule has 0 unspecified atom stereocenters. The second kappa shape index (κ2) is 2.17. The molecule has 0 aliphatic heterocycles. The molecule has 0 saturated heterocycles. The summed E-state index contributed by atoms with van der Waals surface area (Å²) in [6, 6.07) is 0. The molecule has 4 heteroatoms. The molecule has 0 amide bonds. The van der Waals surface area contributed by atoms with E-state index in [0.29, 0.717) is 22.6 Å². The third-order valence-corrected chi connectivity index (χ3v) is 9.73. The summed E-state index contributed by atoms with van der Waals surface area (Å²) in [6.07, 6.45) is 1.38. The van der Waals surface area contributed by atoms with Gasteiger partial charge in [-0.15, -0.1) is 0 Å². The van der Waals surface area contributed by atoms with Gasteiger partial charge < -0.3 is 5.11 Å². The van der Waals surface area contributed by atoms with Gasteiger partial charge in [-0.05, 0) is 41.9 Å². The zero-order valence-corrected chi connectivity index (χ0v) is 12.7. The van der Waals surface area contributed by atoms with E-state index in [1.807, 2.05) is 0 Å². The van der Waals surface area contributed by atoms with Gasteiger partial charge in [0.15, 0.2) is 0 Å². The molecule has 0 aromatic carbocycles. The van der Waals surface area contributed by atoms with Crippen LogP contribution in [0, 0.1) is 41.4 Å². The lowest BCUT2D eigenvalue weighted by Crippen LogP contribution is -2.46. The molecule has 6 fully saturated rings. The lowest BCUT2D eigenvalue weighted by atomic mass is 9.69. The Morgan fingerprint density at radius 1 is 1.07 bits per heavy atom. The van der Waals surface area contributed by atoms with E-state index in [1.165, 1.54) is 6.42 Å². The van der Waals surface area contributed by atoms with E-state index >= 15 is 0 Å². The molecule has 6 aliphatic carbocycles. The molecule has 0 spiro atoms. The van der Waals surface area contributed by atoms with Crippen molar-refractivity contribution < 1.29 is 5.11 Å². The van der Waals surface area contributed by atoms with Crippen molar-refractivity contribution in [3.8, 4) is 0 Å². The monoisotopic (exact) mass is 396 g/mol. The van der Waals surface area contributed by atoms with Crippen LogP contribution in [0.4, 0.5) is 0 Å². The van der Waals surface area contributed by atoms with Gasteiger partial charge in [-0.2, -0.15) is 0 Å². The average molecular weight is 399 g/mol. The fourth-order valence-corrected chi connectivity index (χ4v) is 10.4. The summed E-state index contributed by atoms with van der Waals surface area (Å²) in [5.41, 5.74) is -0.412. The van der Waals surface area contributed by atoms with Crippen LogP contribution in [-0.4, -0.2) is 18.8 Å². The standard InChI is InChI=1S/C11H11Br3O/c12-9-5-3-1-2-4(5)8-10(9,15)6(3)7(2)11(8,13)14/h2-9,15H,1H2/t2-,3+,4-,5-,6+,7+,8-,9+,10-/m0/s1. The van der Waals surface area contributed by atoms with Crippen LogP contribution in [0.25, 0.3) is 0 Å². The van der Waals surface area contributed by atoms with Crippen LogP contribution in [0.1, 0.15) is 6.42 Å². The summed E-state index contributed by atoms with van der Waals surface area (Å²) in [5.74, 6) is 4.93. The van der Waals surface area contributed by atoms with Crippen LogP contribution in [0.15, 0.2) is 0 Å². The van der Waals surface area contributed by atoms with Crippen LogP contribution in [0.5, 0.6) is 0 Å². The predicted molar refractivity (Wildman–Crippen MR) is 67.3 cm³/mol. The molecule has 6 saturated carbocycles. The minimum atomic E-state index is -0.412. The summed E-state index contributed by atoms with van der Waals surface area (Å²) in [5, 5.41) is 11.0. The van der Waals surface area contributed by atoms with Crippen molar-refractivity contribution in [1.29, 1.82) is 0 Å². The minimum absolute atomic E-state index is 0.0424. The van der Waals surface area contributed by atoms with Crippen molar-refractivity contribution in [1.82, 2.24) is 0 Å². The van der Waals surface area contributed by atoms with Gasteiger partial charge in [-0.3, -0.25) is 0 Å². The first kappa shape index (κ1) is 9.35. The Morgan fingerprint density at radius 3 is 2.40 bits per heavy atom. The van der Waals surface area contributed by atoms with Crippen molar-refractivity contribution in [3.05, 3.63) is 0 Å². The molecule has 1 nitrogen and oxygen atoms in total. The van der Waals surface area contributed by atoms with Gasteiger partial charge >= 0.3 is 0 Å². The summed E-state index contributed by atoms with van der Waals surface area (Å²) in [6.45, 7) is 0. The van der Waals surface area contributed by atoms with Gasteiger partial charge in [0, 0.05) is 10.7 Å². The summed E-state index contributed by atoms with van der Waals surface area (Å²) >= 11 is 11.6. The van der Waals surface area contributed by atoms with Crippen LogP contribution < -0.4 is 0 Å². The third kappa shape index (κ3) is 0.609. The third-order valence-electron chi connectivity index (χ3n) is 6.34. The first-order valence-corrected chi connectivity index (χ1v) is 8.25. The van der Waals surface area contributed by atoms with E-state index in [0.717, 1.165) is 23.7 Å². The van der Waals surface area contributed by atoms with Gasteiger partial charge in [0.25, 0.3) is 0 Å². The van der Waals surface area contributed by atoms with Crippen molar-refractivity contribution in [2.24, 2.45) is 41.4 Å². The Hall–Kier alpha value is 1.40. The Morgan fingerprint density at radius 2 is 1.73 bits per heavy atom. The second-order valence-corrected chi connectivity index (χ2v) is 10.9. The molecule has 1 N–H and O–H groups in total. The maximum Gasteiger partial charge on any atom is 0.0898 e. The second-order valence-electron chi connectivity index (χ2n) is 6.21. The lowest BCUT2D eigenvalue weighted by molar-refractivity contribution is -0.0514. The Bertz CT molecular complexity index is 395. The highest BCUT2D eigenvalue weighted by Gasteiger charge is 2.91. The van der Waals surface area contributed by atoms with Crippen molar-refractivity contribution in [2.75, 3.05) is 0 Å². The molecular weight excluding hydrogens is 388 g/mol. The molecule has 0 heterocycles. The molecule has 6 rings (SSSR count). The van der Waals surface area contributed by atoms with E-state index in [1.54, 1.807) is 0 Å². The van der Waals surface area contributed by atoms with E-state index < -0.39 is 5.60 Å². The average Bonchev–Trinajstić information content (AvgIpc) is 2.81. The molecule has 9 atom stereocenters. The summed E-state index contributed by atoms with van der Waals surface area (Å²) in [7, 11) is 0. The fraction of sp³-hybridized carbons (Fsp3) is 1.00. The smallest absolute Gasteiger partial charge is 0.0898 e. The molecule has 82 valence electrons. The van der Waals surface area contributed by atoms with Crippen molar-refractivity contribution in [3.63, 3.8) is 0 Å². The van der Waals surface area contributed by atoms with E-state index in [-0.39, 0.29) is 3.23 Å². The van der Waals surface area contributed by atoms with Crippen LogP contribution >= 0.6 is 47.8 Å². The molecular formula is C11H11Br3O. The van der Waals surface area contributed by atoms with Gasteiger partial charge in [0.1, 0.15) is 0 Å². The maximum absolute atomic E-state index is 11.0. The predicted octanol–water partition coefficient (Wildman–Crippen LogP) is 2.74. The number of hydrogen-bond acceptors (Lipinski definition) is 1. The van der Waals surface area contributed by atoms with Gasteiger partial charge in [-0.25, -0.2) is 0 Å². The van der Waals surface area contributed by atoms with Crippen LogP contribution in [0.2, 0.25) is 0 Å². The lowest BCUT2D eigenvalue weighted by Gasteiger charge is -2.38. The quantitative estimate of drug-likeness (QED) is 0.622. The zero-order valence-electron chi connectivity index (χ0n) is 7.91. The number of alkyl halides is 3. The fourth-order valence-electron chi connectivity index (χ4n) is 6.49. The highest BCUT2D eigenvalue weighted by atomic mass is 79.9. The normalized spacial score (nSPS) is 79.2. The van der Waals surface area contributed by atoms with E-state index in [9.17, 15) is 5.11 Å². The van der Waals surface area contributed by atoms with E-state index in [4.69, 9.17) is 0 Å². The molecule has 6 aliphatic rings. The summed E-state index contributed by atoms with van der Waals surface area (Å²) < 4.78 is 0.0424. The number of aliphatic hydroxyl groups is 1. The Labute approximate surface area is 114 Å². The first-order chi connectivity index (χ1) is 7.00. The van der Waals surface area contributed by atoms with Gasteiger partial charge in [-0.1, -0.05) is 47.8 Å². The van der Waals surface area contributed by atoms with Crippen LogP contribution in [-0.2, 0) is 0 Å². The van der Waals surface area contributed by atoms with Crippen LogP contribution in [0.3, 0.4) is 0 Å². The van der Waals surface area contributed by atoms with Crippen molar-refractivity contribution >= 4 is 47.8 Å². The minimum Gasteiger partial charge on any atom is -0.388 e. The van der Waals surface area contributed by atoms with E-state index in [2.05, 4.69) is 47.8 Å². The largest absolute Gasteiger partial charge is 0.388 e. The molecule has 0 radical (unpaired) electrons. The summed E-state index contributed by atoms with van der Waals surface area (Å²) in [4.78, 5) is 0.363. The number of hydrogen-bond donors (Lipinski definition) is 1. The molecule has 6 bridgehead atoms. The SMILES string of the molecule is O[C@]12[C@@H]3[C@@H]4C[C@H]5[C@@H]([C@H]4[C@H]1Br)[C@@H]2C(Br)(Br)[C@H]53. The first-order valence-electron chi connectivity index (χ1n) is 5.75. The Balaban J connectivity index is 1.88. The number of halogens is 3. The Kier molecular flexibility index (Phi) is 1.35.